The molecule has 1 aliphatic heterocycles. The van der Waals surface area contributed by atoms with E-state index in [1.807, 2.05) is 0 Å². The van der Waals surface area contributed by atoms with Crippen molar-refractivity contribution < 1.29 is 32.8 Å². The van der Waals surface area contributed by atoms with Gasteiger partial charge in [-0.3, -0.25) is 28.2 Å². The number of amides is 1. The summed E-state index contributed by atoms with van der Waals surface area (Å²) in [5.41, 5.74) is 4.07. The molecule has 0 saturated carbocycles. The highest BCUT2D eigenvalue weighted by Crippen LogP contribution is 2.47. The van der Waals surface area contributed by atoms with Gasteiger partial charge in [-0.15, -0.1) is 0 Å². The number of unbranched alkanes of at least 4 members (excludes halogenated alkanes) is 3. The lowest BCUT2D eigenvalue weighted by Crippen LogP contribution is -2.33. The summed E-state index contributed by atoms with van der Waals surface area (Å²) in [6.45, 7) is 1.17. The van der Waals surface area contributed by atoms with Crippen molar-refractivity contribution in [2.45, 2.75) is 50.5 Å². The normalized spacial score (nSPS) is 22.2. The largest absolute Gasteiger partial charge is 0.472 e. The molecule has 0 aromatic carbocycles. The van der Waals surface area contributed by atoms with Crippen molar-refractivity contribution in [2.24, 2.45) is 5.73 Å². The van der Waals surface area contributed by atoms with E-state index in [0.717, 1.165) is 37.4 Å². The van der Waals surface area contributed by atoms with Gasteiger partial charge in [0.15, 0.2) is 0 Å². The number of hydrogen-bond acceptors (Lipinski definition) is 9. The van der Waals surface area contributed by atoms with Crippen LogP contribution in [0.5, 0.6) is 0 Å². The van der Waals surface area contributed by atoms with Crippen LogP contribution in [-0.4, -0.2) is 66.5 Å². The maximum atomic E-state index is 12.4. The predicted octanol–water partition coefficient (Wildman–Crippen LogP) is 0.251. The monoisotopic (exact) mass is 504 g/mol. The number of nitrogens with one attached hydrogen (secondary N) is 2. The zero-order valence-corrected chi connectivity index (χ0v) is 20.2. The van der Waals surface area contributed by atoms with Gasteiger partial charge in [0.05, 0.1) is 12.2 Å². The molecule has 192 valence electrons. The number of nitrogens with zero attached hydrogens (tertiary/aromatic N) is 1. The van der Waals surface area contributed by atoms with E-state index in [0.29, 0.717) is 13.1 Å². The molecule has 1 aromatic heterocycles. The van der Waals surface area contributed by atoms with Crippen LogP contribution in [0, 0.1) is 0 Å². The molecule has 13 nitrogen and oxygen atoms in total. The molecular formula is C20H33N4O9P. The summed E-state index contributed by atoms with van der Waals surface area (Å²) in [5.74, 6) is -0.375. The topological polar surface area (TPSA) is 184 Å². The van der Waals surface area contributed by atoms with Crippen molar-refractivity contribution in [3.05, 3.63) is 38.7 Å². The van der Waals surface area contributed by atoms with Crippen LogP contribution in [0.3, 0.4) is 0 Å². The molecule has 0 radical (unpaired) electrons. The first-order valence-corrected chi connectivity index (χ1v) is 12.4. The van der Waals surface area contributed by atoms with Crippen molar-refractivity contribution in [1.29, 1.82) is 0 Å². The van der Waals surface area contributed by atoms with Crippen LogP contribution >= 0.6 is 7.82 Å². The fraction of sp³-hybridized carbons (Fsp3) is 0.650. The highest BCUT2D eigenvalue weighted by Gasteiger charge is 2.41. The molecule has 5 N–H and O–H groups in total. The molecule has 34 heavy (non-hydrogen) atoms. The number of phosphoric acid groups is 1. The number of aromatic nitrogens is 2. The van der Waals surface area contributed by atoms with E-state index in [1.54, 1.807) is 0 Å². The third-order valence-electron chi connectivity index (χ3n) is 5.16. The number of aromatic amines is 1. The second-order valence-electron chi connectivity index (χ2n) is 7.69. The molecule has 0 aliphatic carbocycles. The van der Waals surface area contributed by atoms with Crippen LogP contribution in [0.15, 0.2) is 21.9 Å². The zero-order valence-electron chi connectivity index (χ0n) is 19.3. The number of phosphoric ester groups is 1. The van der Waals surface area contributed by atoms with Gasteiger partial charge < -0.3 is 25.4 Å². The molecule has 2 rings (SSSR count). The Morgan fingerprint density at radius 1 is 1.35 bits per heavy atom. The molecule has 1 amide bonds. The van der Waals surface area contributed by atoms with E-state index in [4.69, 9.17) is 19.7 Å². The minimum atomic E-state index is -4.31. The van der Waals surface area contributed by atoms with Crippen LogP contribution in [-0.2, 0) is 27.9 Å². The molecule has 14 heteroatoms. The minimum absolute atomic E-state index is 0.0156. The van der Waals surface area contributed by atoms with Crippen LogP contribution in [0.1, 0.15) is 43.9 Å². The molecule has 1 aromatic rings. The highest BCUT2D eigenvalue weighted by atomic mass is 31.2. The smallest absolute Gasteiger partial charge is 0.382 e. The molecular weight excluding hydrogens is 471 g/mol. The molecule has 0 spiro atoms. The van der Waals surface area contributed by atoms with Crippen LogP contribution in [0.2, 0.25) is 0 Å². The van der Waals surface area contributed by atoms with E-state index in [-0.39, 0.29) is 24.5 Å². The van der Waals surface area contributed by atoms with Gasteiger partial charge in [0.25, 0.3) is 5.56 Å². The van der Waals surface area contributed by atoms with Crippen molar-refractivity contribution in [2.75, 3.05) is 33.9 Å². The Balaban J connectivity index is 2.09. The van der Waals surface area contributed by atoms with E-state index >= 15 is 0 Å². The molecule has 2 unspecified atom stereocenters. The van der Waals surface area contributed by atoms with E-state index in [1.165, 1.54) is 25.5 Å². The van der Waals surface area contributed by atoms with Gasteiger partial charge >= 0.3 is 13.5 Å². The third kappa shape index (κ3) is 8.58. The van der Waals surface area contributed by atoms with E-state index < -0.39 is 37.5 Å². The van der Waals surface area contributed by atoms with Gasteiger partial charge in [0, 0.05) is 39.5 Å². The number of rotatable bonds is 14. The Bertz CT molecular complexity index is 993. The Kier molecular flexibility index (Phi) is 11.3. The van der Waals surface area contributed by atoms with Crippen molar-refractivity contribution >= 4 is 19.8 Å². The molecule has 4 atom stereocenters. The first-order chi connectivity index (χ1) is 16.2. The van der Waals surface area contributed by atoms with Crippen molar-refractivity contribution in [3.8, 4) is 0 Å². The predicted molar refractivity (Wildman–Crippen MR) is 123 cm³/mol. The molecule has 1 saturated heterocycles. The summed E-state index contributed by atoms with van der Waals surface area (Å²) < 4.78 is 33.4. The number of methoxy groups -OCH3 is 1. The average Bonchev–Trinajstić information content (AvgIpc) is 3.17. The van der Waals surface area contributed by atoms with Gasteiger partial charge in [-0.1, -0.05) is 12.8 Å². The Hall–Kier alpha value is -2.12. The van der Waals surface area contributed by atoms with Gasteiger partial charge in [-0.05, 0) is 25.5 Å². The Morgan fingerprint density at radius 3 is 2.76 bits per heavy atom. The second kappa shape index (κ2) is 13.7. The van der Waals surface area contributed by atoms with Gasteiger partial charge in [0.2, 0.25) is 5.91 Å². The average molecular weight is 504 g/mol. The van der Waals surface area contributed by atoms with E-state index in [2.05, 4.69) is 14.8 Å². The summed E-state index contributed by atoms with van der Waals surface area (Å²) >= 11 is 0. The van der Waals surface area contributed by atoms with Crippen LogP contribution in [0.25, 0.3) is 6.08 Å². The first kappa shape index (κ1) is 28.1. The van der Waals surface area contributed by atoms with Crippen LogP contribution in [0.4, 0.5) is 0 Å². The minimum Gasteiger partial charge on any atom is -0.382 e. The lowest BCUT2D eigenvalue weighted by atomic mass is 10.2. The Morgan fingerprint density at radius 2 is 2.09 bits per heavy atom. The number of H-pyrrole nitrogens is 1. The number of carbonyl (C=O) groups is 1. The summed E-state index contributed by atoms with van der Waals surface area (Å²) in [6.07, 6.45) is 4.90. The second-order valence-corrected chi connectivity index (χ2v) is 9.21. The van der Waals surface area contributed by atoms with E-state index in [9.17, 15) is 23.8 Å². The summed E-state index contributed by atoms with van der Waals surface area (Å²) in [7, 11) is -1.86. The Labute approximate surface area is 196 Å². The lowest BCUT2D eigenvalue weighted by molar-refractivity contribution is -0.116. The fourth-order valence-electron chi connectivity index (χ4n) is 3.40. The third-order valence-corrected chi connectivity index (χ3v) is 6.16. The first-order valence-electron chi connectivity index (χ1n) is 10.9. The summed E-state index contributed by atoms with van der Waals surface area (Å²) in [6, 6.07) is 0. The van der Waals surface area contributed by atoms with Crippen molar-refractivity contribution in [3.63, 3.8) is 0 Å². The maximum Gasteiger partial charge on any atom is 0.472 e. The SMILES string of the molecule is COC[C@H]1O[C@@H](n2cc(/C=C/C(=O)NCCCCCCN)c(=O)[nH]c2=O)CC1OP(=O)(O)OC. The number of hydrogen-bond donors (Lipinski definition) is 4. The van der Waals surface area contributed by atoms with Crippen LogP contribution < -0.4 is 22.3 Å². The van der Waals surface area contributed by atoms with Crippen molar-refractivity contribution in [1.82, 2.24) is 14.9 Å². The highest BCUT2D eigenvalue weighted by molar-refractivity contribution is 7.47. The standard InChI is InChI=1S/C20H33N4O9P/c1-30-13-16-15(33-34(28,29)31-2)11-18(32-16)24-12-14(19(26)23-20(24)27)7-8-17(25)22-10-6-4-3-5-9-21/h7-8,12,15-16,18H,3-6,9-11,13,21H2,1-2H3,(H,22,25)(H,28,29)(H,23,26,27)/b8-7+/t15?,16-,18-/m1/s1. The number of ether oxygens (including phenoxy) is 2. The summed E-state index contributed by atoms with van der Waals surface area (Å²) in [5, 5.41) is 2.73. The van der Waals surface area contributed by atoms with Gasteiger partial charge in [-0.25, -0.2) is 9.36 Å². The molecule has 0 bridgehead atoms. The fourth-order valence-corrected chi connectivity index (χ4v) is 4.05. The number of carbonyl (C=O) groups excluding carboxylic acids is 1. The lowest BCUT2D eigenvalue weighted by Gasteiger charge is -2.19. The number of nitrogens with two attached hydrogens (primary N) is 1. The molecule has 1 fully saturated rings. The zero-order chi connectivity index (χ0) is 25.1. The molecule has 2 heterocycles. The van der Waals surface area contributed by atoms with Gasteiger partial charge in [-0.2, -0.15) is 0 Å². The molecule has 1 aliphatic rings. The summed E-state index contributed by atoms with van der Waals surface area (Å²) in [4.78, 5) is 48.5. The quantitative estimate of drug-likeness (QED) is 0.156. The maximum absolute atomic E-state index is 12.4. The van der Waals surface area contributed by atoms with Gasteiger partial charge in [0.1, 0.15) is 18.4 Å².